The standard InChI is InChI=1S/C17H24N4O3S/c1-2-13-18-19-16(25-13)21-8-12-7-20(9-17(12,10-21)15(23)24)14(22)11-5-3-4-6-11/h11-12H,2-10H2,1H3,(H,23,24)/t12-,17-/m0/s1. The highest BCUT2D eigenvalue weighted by Gasteiger charge is 2.59. The Bertz CT molecular complexity index is 687. The Labute approximate surface area is 151 Å². The lowest BCUT2D eigenvalue weighted by Gasteiger charge is -2.26. The summed E-state index contributed by atoms with van der Waals surface area (Å²) < 4.78 is 0. The summed E-state index contributed by atoms with van der Waals surface area (Å²) in [4.78, 5) is 28.7. The van der Waals surface area contributed by atoms with Gasteiger partial charge in [-0.25, -0.2) is 0 Å². The topological polar surface area (TPSA) is 86.6 Å². The zero-order valence-corrected chi connectivity index (χ0v) is 15.3. The van der Waals surface area contributed by atoms with Gasteiger partial charge in [0.2, 0.25) is 11.0 Å². The molecule has 1 saturated carbocycles. The van der Waals surface area contributed by atoms with Crippen LogP contribution in [0.25, 0.3) is 0 Å². The second kappa shape index (κ2) is 6.23. The maximum Gasteiger partial charge on any atom is 0.313 e. The average Bonchev–Trinajstić information content (AvgIpc) is 3.34. The van der Waals surface area contributed by atoms with Gasteiger partial charge in [-0.1, -0.05) is 31.1 Å². The number of hydrogen-bond donors (Lipinski definition) is 1. The molecule has 7 nitrogen and oxygen atoms in total. The molecule has 1 aromatic rings. The van der Waals surface area contributed by atoms with Gasteiger partial charge in [-0.3, -0.25) is 9.59 Å². The third-order valence-electron chi connectivity index (χ3n) is 6.08. The van der Waals surface area contributed by atoms with Crippen molar-refractivity contribution >= 4 is 28.3 Å². The first-order valence-electron chi connectivity index (χ1n) is 9.13. The summed E-state index contributed by atoms with van der Waals surface area (Å²) in [6, 6.07) is 0. The molecular weight excluding hydrogens is 340 g/mol. The zero-order chi connectivity index (χ0) is 17.6. The van der Waals surface area contributed by atoms with E-state index in [0.717, 1.165) is 42.2 Å². The Balaban J connectivity index is 1.51. The molecule has 0 unspecified atom stereocenters. The average molecular weight is 364 g/mol. The SMILES string of the molecule is CCc1nnc(N2C[C@@H]3CN(C(=O)C4CCCC4)C[C@]3(C(=O)O)C2)s1. The lowest BCUT2D eigenvalue weighted by molar-refractivity contribution is -0.148. The Morgan fingerprint density at radius 2 is 2.00 bits per heavy atom. The predicted octanol–water partition coefficient (Wildman–Crippen LogP) is 1.64. The number of carbonyl (C=O) groups excluding carboxylic acids is 1. The molecule has 3 aliphatic rings. The van der Waals surface area contributed by atoms with E-state index in [0.29, 0.717) is 26.2 Å². The summed E-state index contributed by atoms with van der Waals surface area (Å²) in [5, 5.41) is 20.1. The van der Waals surface area contributed by atoms with Crippen LogP contribution in [0.3, 0.4) is 0 Å². The van der Waals surface area contributed by atoms with Gasteiger partial charge in [-0.2, -0.15) is 0 Å². The minimum atomic E-state index is -0.869. The molecule has 0 radical (unpaired) electrons. The number of rotatable bonds is 4. The lowest BCUT2D eigenvalue weighted by atomic mass is 9.81. The van der Waals surface area contributed by atoms with E-state index in [1.54, 1.807) is 0 Å². The number of hydrogen-bond acceptors (Lipinski definition) is 6. The minimum absolute atomic E-state index is 0.0377. The molecule has 1 amide bonds. The Morgan fingerprint density at radius 1 is 1.24 bits per heavy atom. The third kappa shape index (κ3) is 2.70. The number of aromatic nitrogens is 2. The number of aliphatic carboxylic acids is 1. The molecule has 3 heterocycles. The van der Waals surface area contributed by atoms with Crippen LogP contribution in [0.4, 0.5) is 5.13 Å². The van der Waals surface area contributed by atoms with Gasteiger partial charge in [0, 0.05) is 38.0 Å². The second-order valence-corrected chi connectivity index (χ2v) is 8.61. The summed E-state index contributed by atoms with van der Waals surface area (Å²) in [6.45, 7) is 3.98. The Kier molecular flexibility index (Phi) is 4.17. The number of nitrogens with zero attached hydrogens (tertiary/aromatic N) is 4. The number of fused-ring (bicyclic) bond motifs is 1. The van der Waals surface area contributed by atoms with Crippen LogP contribution < -0.4 is 4.90 Å². The number of aryl methyl sites for hydroxylation is 1. The van der Waals surface area contributed by atoms with E-state index in [4.69, 9.17) is 0 Å². The molecule has 3 fully saturated rings. The van der Waals surface area contributed by atoms with Crippen LogP contribution >= 0.6 is 11.3 Å². The Hall–Kier alpha value is -1.70. The first-order chi connectivity index (χ1) is 12.0. The predicted molar refractivity (Wildman–Crippen MR) is 93.6 cm³/mol. The maximum atomic E-state index is 12.7. The number of carboxylic acid groups (broad SMARTS) is 1. The van der Waals surface area contributed by atoms with Gasteiger partial charge < -0.3 is 14.9 Å². The van der Waals surface area contributed by atoms with Gasteiger partial charge in [-0.05, 0) is 19.3 Å². The molecule has 1 aromatic heterocycles. The summed E-state index contributed by atoms with van der Waals surface area (Å²) in [7, 11) is 0. The van der Waals surface area contributed by atoms with Crippen LogP contribution in [-0.2, 0) is 16.0 Å². The summed E-state index contributed by atoms with van der Waals surface area (Å²) >= 11 is 1.54. The zero-order valence-electron chi connectivity index (χ0n) is 14.5. The van der Waals surface area contributed by atoms with Crippen molar-refractivity contribution in [3.8, 4) is 0 Å². The summed E-state index contributed by atoms with van der Waals surface area (Å²) in [5.74, 6) is -0.550. The van der Waals surface area contributed by atoms with Crippen molar-refractivity contribution in [3.05, 3.63) is 5.01 Å². The first kappa shape index (κ1) is 16.8. The van der Waals surface area contributed by atoms with Gasteiger partial charge in [0.05, 0.1) is 0 Å². The van der Waals surface area contributed by atoms with Gasteiger partial charge in [-0.15, -0.1) is 10.2 Å². The van der Waals surface area contributed by atoms with E-state index in [1.807, 2.05) is 16.7 Å². The molecule has 0 spiro atoms. The van der Waals surface area contributed by atoms with Crippen molar-refractivity contribution in [1.29, 1.82) is 0 Å². The van der Waals surface area contributed by atoms with Crippen LogP contribution in [-0.4, -0.2) is 58.3 Å². The molecule has 8 heteroatoms. The maximum absolute atomic E-state index is 12.7. The number of likely N-dealkylation sites (tertiary alicyclic amines) is 1. The van der Waals surface area contributed by atoms with E-state index < -0.39 is 11.4 Å². The smallest absolute Gasteiger partial charge is 0.313 e. The largest absolute Gasteiger partial charge is 0.481 e. The van der Waals surface area contributed by atoms with Gasteiger partial charge in [0.1, 0.15) is 10.4 Å². The fourth-order valence-electron chi connectivity index (χ4n) is 4.63. The van der Waals surface area contributed by atoms with Crippen LogP contribution in [0.15, 0.2) is 0 Å². The van der Waals surface area contributed by atoms with Gasteiger partial charge in [0.25, 0.3) is 0 Å². The first-order valence-corrected chi connectivity index (χ1v) is 9.94. The quantitative estimate of drug-likeness (QED) is 0.874. The van der Waals surface area contributed by atoms with E-state index in [-0.39, 0.29) is 17.7 Å². The monoisotopic (exact) mass is 364 g/mol. The van der Waals surface area contributed by atoms with E-state index in [1.165, 1.54) is 11.3 Å². The van der Waals surface area contributed by atoms with Crippen molar-refractivity contribution in [3.63, 3.8) is 0 Å². The summed E-state index contributed by atoms with van der Waals surface area (Å²) in [6.07, 6.45) is 4.97. The Morgan fingerprint density at radius 3 is 2.60 bits per heavy atom. The highest BCUT2D eigenvalue weighted by Crippen LogP contribution is 2.45. The summed E-state index contributed by atoms with van der Waals surface area (Å²) in [5.41, 5.74) is -0.869. The molecule has 2 aliphatic heterocycles. The molecule has 0 aromatic carbocycles. The highest BCUT2D eigenvalue weighted by molar-refractivity contribution is 7.15. The van der Waals surface area contributed by atoms with Crippen LogP contribution in [0.1, 0.15) is 37.6 Å². The molecule has 4 rings (SSSR count). The number of carbonyl (C=O) groups is 2. The lowest BCUT2D eigenvalue weighted by Crippen LogP contribution is -2.43. The molecular formula is C17H24N4O3S. The molecule has 2 saturated heterocycles. The molecule has 25 heavy (non-hydrogen) atoms. The number of anilines is 1. The van der Waals surface area contributed by atoms with Crippen LogP contribution in [0.2, 0.25) is 0 Å². The third-order valence-corrected chi connectivity index (χ3v) is 7.21. The van der Waals surface area contributed by atoms with E-state index >= 15 is 0 Å². The van der Waals surface area contributed by atoms with Gasteiger partial charge in [0.15, 0.2) is 0 Å². The molecule has 1 N–H and O–H groups in total. The van der Waals surface area contributed by atoms with Crippen LogP contribution in [0.5, 0.6) is 0 Å². The van der Waals surface area contributed by atoms with E-state index in [9.17, 15) is 14.7 Å². The molecule has 136 valence electrons. The van der Waals surface area contributed by atoms with Crippen molar-refractivity contribution in [1.82, 2.24) is 15.1 Å². The number of amides is 1. The fraction of sp³-hybridized carbons (Fsp3) is 0.765. The highest BCUT2D eigenvalue weighted by atomic mass is 32.1. The number of carboxylic acids is 1. The second-order valence-electron chi connectivity index (χ2n) is 7.57. The fourth-order valence-corrected chi connectivity index (χ4v) is 5.41. The van der Waals surface area contributed by atoms with Crippen molar-refractivity contribution in [2.75, 3.05) is 31.1 Å². The van der Waals surface area contributed by atoms with Crippen molar-refractivity contribution in [2.24, 2.45) is 17.3 Å². The van der Waals surface area contributed by atoms with Crippen LogP contribution in [0, 0.1) is 17.3 Å². The van der Waals surface area contributed by atoms with Gasteiger partial charge >= 0.3 is 5.97 Å². The normalized spacial score (nSPS) is 29.4. The van der Waals surface area contributed by atoms with Crippen molar-refractivity contribution < 1.29 is 14.7 Å². The molecule has 2 atom stereocenters. The van der Waals surface area contributed by atoms with E-state index in [2.05, 4.69) is 10.2 Å². The van der Waals surface area contributed by atoms with Crippen molar-refractivity contribution in [2.45, 2.75) is 39.0 Å². The minimum Gasteiger partial charge on any atom is -0.481 e. The molecule has 0 bridgehead atoms. The molecule has 1 aliphatic carbocycles.